The number of hydrogen-bond donors (Lipinski definition) is 4. The van der Waals surface area contributed by atoms with Gasteiger partial charge < -0.3 is 25.4 Å². The predicted octanol–water partition coefficient (Wildman–Crippen LogP) is -0.537. The normalized spacial score (nSPS) is 15.1. The Balaban J connectivity index is 2.10. The van der Waals surface area contributed by atoms with Gasteiger partial charge in [0.05, 0.1) is 12.2 Å². The number of aromatic nitrogens is 2. The van der Waals surface area contributed by atoms with Crippen LogP contribution in [0.15, 0.2) is 17.5 Å². The zero-order chi connectivity index (χ0) is 16.3. The van der Waals surface area contributed by atoms with E-state index in [0.717, 1.165) is 0 Å². The lowest BCUT2D eigenvalue weighted by Crippen LogP contribution is -2.43. The number of aryl methyl sites for hydroxylation is 1. The second-order valence-electron chi connectivity index (χ2n) is 4.85. The fourth-order valence-electron chi connectivity index (χ4n) is 2.12. The Hall–Kier alpha value is -2.84. The van der Waals surface area contributed by atoms with Crippen LogP contribution in [0.4, 0.5) is 0 Å². The molecule has 0 saturated carbocycles. The zero-order valence-electron chi connectivity index (χ0n) is 11.9. The van der Waals surface area contributed by atoms with Crippen LogP contribution < -0.4 is 5.32 Å². The molecule has 0 aliphatic carbocycles. The van der Waals surface area contributed by atoms with Crippen molar-refractivity contribution in [2.75, 3.05) is 13.1 Å². The van der Waals surface area contributed by atoms with Gasteiger partial charge in [-0.3, -0.25) is 14.4 Å². The summed E-state index contributed by atoms with van der Waals surface area (Å²) < 4.78 is 0. The number of H-pyrrole nitrogens is 1. The first-order valence-electron chi connectivity index (χ1n) is 6.60. The Bertz CT molecular complexity index is 649. The zero-order valence-corrected chi connectivity index (χ0v) is 11.9. The lowest BCUT2D eigenvalue weighted by molar-refractivity contribution is -0.138. The number of hydrogen-bond acceptors (Lipinski definition) is 5. The van der Waals surface area contributed by atoms with Crippen LogP contribution in [0.1, 0.15) is 17.9 Å². The van der Waals surface area contributed by atoms with Gasteiger partial charge in [-0.15, -0.1) is 0 Å². The molecule has 22 heavy (non-hydrogen) atoms. The van der Waals surface area contributed by atoms with Crippen LogP contribution in [0.5, 0.6) is 0 Å². The number of aliphatic hydroxyl groups is 1. The predicted molar refractivity (Wildman–Crippen MR) is 73.7 cm³/mol. The Morgan fingerprint density at radius 3 is 2.82 bits per heavy atom. The van der Waals surface area contributed by atoms with Crippen molar-refractivity contribution >= 4 is 17.8 Å². The van der Waals surface area contributed by atoms with Gasteiger partial charge in [-0.2, -0.15) is 0 Å². The number of rotatable bonds is 5. The first-order chi connectivity index (χ1) is 10.4. The molecule has 0 atom stereocenters. The largest absolute Gasteiger partial charge is 0.511 e. The number of nitrogens with zero attached hydrogens (tertiary/aromatic N) is 2. The van der Waals surface area contributed by atoms with Gasteiger partial charge >= 0.3 is 5.97 Å². The van der Waals surface area contributed by atoms with Crippen LogP contribution in [0.3, 0.4) is 0 Å². The molecule has 9 heteroatoms. The van der Waals surface area contributed by atoms with Gasteiger partial charge in [0, 0.05) is 19.2 Å². The summed E-state index contributed by atoms with van der Waals surface area (Å²) in [6.07, 6.45) is 1.79. The molecule has 0 unspecified atom stereocenters. The summed E-state index contributed by atoms with van der Waals surface area (Å²) in [6, 6.07) is 0. The van der Waals surface area contributed by atoms with Crippen LogP contribution in [-0.4, -0.2) is 56.0 Å². The highest BCUT2D eigenvalue weighted by Crippen LogP contribution is 2.19. The van der Waals surface area contributed by atoms with Crippen LogP contribution in [0.25, 0.3) is 0 Å². The molecule has 0 fully saturated rings. The third kappa shape index (κ3) is 3.43. The van der Waals surface area contributed by atoms with E-state index in [2.05, 4.69) is 15.3 Å². The Morgan fingerprint density at radius 1 is 1.50 bits per heavy atom. The van der Waals surface area contributed by atoms with Crippen LogP contribution in [0, 0.1) is 6.92 Å². The van der Waals surface area contributed by atoms with E-state index >= 15 is 0 Å². The summed E-state index contributed by atoms with van der Waals surface area (Å²) in [5.41, 5.74) is 0.220. The van der Waals surface area contributed by atoms with Crippen molar-refractivity contribution in [3.8, 4) is 0 Å². The quantitative estimate of drug-likeness (QED) is 0.540. The highest BCUT2D eigenvalue weighted by Gasteiger charge is 2.32. The maximum Gasteiger partial charge on any atom is 0.322 e. The summed E-state index contributed by atoms with van der Waals surface area (Å²) in [5, 5.41) is 20.4. The SMILES string of the molecule is Cc1nc(CN2CCC(O)=C(C(=O)NCC(=O)O)C2=O)c[nH]1. The van der Waals surface area contributed by atoms with E-state index in [4.69, 9.17) is 5.11 Å². The van der Waals surface area contributed by atoms with E-state index in [0.29, 0.717) is 11.5 Å². The van der Waals surface area contributed by atoms with Crippen molar-refractivity contribution in [1.29, 1.82) is 0 Å². The maximum absolute atomic E-state index is 12.3. The van der Waals surface area contributed by atoms with E-state index in [1.54, 1.807) is 13.1 Å². The highest BCUT2D eigenvalue weighted by molar-refractivity contribution is 6.19. The van der Waals surface area contributed by atoms with Gasteiger partial charge in [-0.05, 0) is 6.92 Å². The fourth-order valence-corrected chi connectivity index (χ4v) is 2.12. The number of imidazole rings is 1. The number of carbonyl (C=O) groups is 3. The molecular weight excluding hydrogens is 292 g/mol. The molecule has 0 saturated heterocycles. The Labute approximate surface area is 125 Å². The molecule has 2 rings (SSSR count). The standard InChI is InChI=1S/C13H16N4O5/c1-7-14-4-8(16-7)6-17-3-2-9(18)11(13(17)22)12(21)15-5-10(19)20/h4,18H,2-3,5-6H2,1H3,(H,14,16)(H,15,21)(H,19,20). The monoisotopic (exact) mass is 308 g/mol. The summed E-state index contributed by atoms with van der Waals surface area (Å²) in [4.78, 5) is 43.1. The van der Waals surface area contributed by atoms with E-state index < -0.39 is 29.9 Å². The molecule has 9 nitrogen and oxygen atoms in total. The number of amides is 2. The highest BCUT2D eigenvalue weighted by atomic mass is 16.4. The second kappa shape index (κ2) is 6.29. The first kappa shape index (κ1) is 15.5. The van der Waals surface area contributed by atoms with Crippen molar-refractivity contribution in [2.45, 2.75) is 19.9 Å². The number of aromatic amines is 1. The summed E-state index contributed by atoms with van der Waals surface area (Å²) in [5.74, 6) is -2.40. The average Bonchev–Trinajstić information content (AvgIpc) is 2.85. The van der Waals surface area contributed by atoms with Gasteiger partial charge in [0.25, 0.3) is 11.8 Å². The summed E-state index contributed by atoms with van der Waals surface area (Å²) in [6.45, 7) is 1.61. The molecule has 1 aliphatic heterocycles. The third-order valence-electron chi connectivity index (χ3n) is 3.15. The molecule has 2 amide bonds. The second-order valence-corrected chi connectivity index (χ2v) is 4.85. The molecular formula is C13H16N4O5. The number of nitrogens with one attached hydrogen (secondary N) is 2. The molecule has 1 aromatic rings. The van der Waals surface area contributed by atoms with Gasteiger partial charge in [-0.1, -0.05) is 0 Å². The number of carboxylic acids is 1. The van der Waals surface area contributed by atoms with E-state index in [9.17, 15) is 19.5 Å². The average molecular weight is 308 g/mol. The van der Waals surface area contributed by atoms with Crippen LogP contribution in [0.2, 0.25) is 0 Å². The van der Waals surface area contributed by atoms with Crippen molar-refractivity contribution < 1.29 is 24.6 Å². The third-order valence-corrected chi connectivity index (χ3v) is 3.15. The number of carboxylic acid groups (broad SMARTS) is 1. The number of carbonyl (C=O) groups excluding carboxylic acids is 2. The molecule has 118 valence electrons. The molecule has 0 bridgehead atoms. The van der Waals surface area contributed by atoms with Crippen molar-refractivity contribution in [2.24, 2.45) is 0 Å². The minimum atomic E-state index is -1.24. The molecule has 0 radical (unpaired) electrons. The minimum absolute atomic E-state index is 0.130. The van der Waals surface area contributed by atoms with E-state index in [1.807, 2.05) is 0 Å². The van der Waals surface area contributed by atoms with Gasteiger partial charge in [0.2, 0.25) is 0 Å². The van der Waals surface area contributed by atoms with Crippen LogP contribution >= 0.6 is 0 Å². The fraction of sp³-hybridized carbons (Fsp3) is 0.385. The maximum atomic E-state index is 12.3. The first-order valence-corrected chi connectivity index (χ1v) is 6.60. The topological polar surface area (TPSA) is 136 Å². The molecule has 0 aromatic carbocycles. The lowest BCUT2D eigenvalue weighted by atomic mass is 10.1. The van der Waals surface area contributed by atoms with E-state index in [1.165, 1.54) is 4.90 Å². The minimum Gasteiger partial charge on any atom is -0.511 e. The molecule has 1 aliphatic rings. The van der Waals surface area contributed by atoms with Gasteiger partial charge in [0.1, 0.15) is 23.7 Å². The molecule has 2 heterocycles. The Morgan fingerprint density at radius 2 is 2.23 bits per heavy atom. The van der Waals surface area contributed by atoms with E-state index in [-0.39, 0.29) is 25.3 Å². The Kier molecular flexibility index (Phi) is 4.44. The number of aliphatic hydroxyl groups excluding tert-OH is 1. The molecule has 1 aromatic heterocycles. The van der Waals surface area contributed by atoms with Crippen LogP contribution in [-0.2, 0) is 20.9 Å². The summed E-state index contributed by atoms with van der Waals surface area (Å²) in [7, 11) is 0. The molecule has 0 spiro atoms. The number of aliphatic carboxylic acids is 1. The van der Waals surface area contributed by atoms with Gasteiger partial charge in [-0.25, -0.2) is 4.98 Å². The van der Waals surface area contributed by atoms with Crippen molar-refractivity contribution in [1.82, 2.24) is 20.2 Å². The van der Waals surface area contributed by atoms with Gasteiger partial charge in [0.15, 0.2) is 0 Å². The summed E-state index contributed by atoms with van der Waals surface area (Å²) >= 11 is 0. The lowest BCUT2D eigenvalue weighted by Gasteiger charge is -2.27. The molecule has 4 N–H and O–H groups in total. The smallest absolute Gasteiger partial charge is 0.322 e. The van der Waals surface area contributed by atoms with Crippen molar-refractivity contribution in [3.63, 3.8) is 0 Å². The van der Waals surface area contributed by atoms with Crippen molar-refractivity contribution in [3.05, 3.63) is 29.0 Å².